The van der Waals surface area contributed by atoms with E-state index in [2.05, 4.69) is 9.71 Å². The van der Waals surface area contributed by atoms with Crippen molar-refractivity contribution >= 4 is 27.0 Å². The van der Waals surface area contributed by atoms with E-state index in [9.17, 15) is 8.42 Å². The molecule has 5 aromatic rings. The second-order valence-corrected chi connectivity index (χ2v) is 11.2. The molecular formula is C28H26N6O2S. The lowest BCUT2D eigenvalue weighted by molar-refractivity contribution is 0.225. The Morgan fingerprint density at radius 3 is 2.32 bits per heavy atom. The number of anilines is 1. The van der Waals surface area contributed by atoms with Crippen LogP contribution in [0.25, 0.3) is 39.5 Å². The zero-order valence-corrected chi connectivity index (χ0v) is 21.1. The number of nitrogens with two attached hydrogens (primary N) is 1. The maximum Gasteiger partial charge on any atom is 0.209 e. The third kappa shape index (κ3) is 4.26. The Kier molecular flexibility index (Phi) is 5.54. The fourth-order valence-electron chi connectivity index (χ4n) is 5.02. The fraction of sp³-hybridized carbons (Fsp3) is 0.179. The summed E-state index contributed by atoms with van der Waals surface area (Å²) in [5, 5.41) is 0. The van der Waals surface area contributed by atoms with E-state index in [0.29, 0.717) is 22.9 Å². The minimum Gasteiger partial charge on any atom is -0.383 e. The van der Waals surface area contributed by atoms with Crippen LogP contribution in [0.2, 0.25) is 0 Å². The molecule has 2 aromatic carbocycles. The van der Waals surface area contributed by atoms with Crippen LogP contribution >= 0.6 is 0 Å². The minimum absolute atomic E-state index is 0.379. The molecule has 3 N–H and O–H groups in total. The lowest BCUT2D eigenvalue weighted by Crippen LogP contribution is -2.50. The van der Waals surface area contributed by atoms with Gasteiger partial charge in [0.2, 0.25) is 10.0 Å². The minimum atomic E-state index is -3.35. The first-order valence-corrected chi connectivity index (χ1v) is 14.0. The molecule has 0 radical (unpaired) electrons. The molecule has 0 amide bonds. The molecule has 186 valence electrons. The van der Waals surface area contributed by atoms with Gasteiger partial charge in [-0.25, -0.2) is 28.1 Å². The van der Waals surface area contributed by atoms with Crippen LogP contribution in [0.5, 0.6) is 0 Å². The van der Waals surface area contributed by atoms with E-state index in [1.54, 1.807) is 6.20 Å². The molecule has 3 aromatic heterocycles. The Balaban J connectivity index is 1.52. The molecule has 0 bridgehead atoms. The van der Waals surface area contributed by atoms with E-state index in [-0.39, 0.29) is 0 Å². The van der Waals surface area contributed by atoms with Crippen molar-refractivity contribution in [2.45, 2.75) is 24.8 Å². The van der Waals surface area contributed by atoms with Crippen molar-refractivity contribution in [1.82, 2.24) is 24.2 Å². The summed E-state index contributed by atoms with van der Waals surface area (Å²) in [6.45, 7) is 0. The van der Waals surface area contributed by atoms with E-state index in [1.165, 1.54) is 6.26 Å². The maximum atomic E-state index is 12.0. The largest absolute Gasteiger partial charge is 0.383 e. The molecule has 8 nitrogen and oxygen atoms in total. The van der Waals surface area contributed by atoms with E-state index >= 15 is 0 Å². The number of sulfonamides is 1. The van der Waals surface area contributed by atoms with Gasteiger partial charge in [0, 0.05) is 17.4 Å². The van der Waals surface area contributed by atoms with Gasteiger partial charge in [0.25, 0.3) is 0 Å². The summed E-state index contributed by atoms with van der Waals surface area (Å²) in [5.74, 6) is 1.02. The van der Waals surface area contributed by atoms with Crippen LogP contribution < -0.4 is 10.5 Å². The van der Waals surface area contributed by atoms with Gasteiger partial charge >= 0.3 is 0 Å². The number of fused-ring (bicyclic) bond motifs is 1. The first kappa shape index (κ1) is 23.3. The monoisotopic (exact) mass is 510 g/mol. The number of benzene rings is 2. The lowest BCUT2D eigenvalue weighted by atomic mass is 9.73. The number of rotatable bonds is 6. The normalized spacial score (nSPS) is 14.9. The van der Waals surface area contributed by atoms with E-state index in [0.717, 1.165) is 47.3 Å². The molecule has 1 saturated carbocycles. The Labute approximate surface area is 215 Å². The molecule has 1 fully saturated rings. The topological polar surface area (TPSA) is 116 Å². The summed E-state index contributed by atoms with van der Waals surface area (Å²) < 4.78 is 28.9. The van der Waals surface area contributed by atoms with Gasteiger partial charge in [0.15, 0.2) is 11.5 Å². The summed E-state index contributed by atoms with van der Waals surface area (Å²) in [6, 6.07) is 25.6. The van der Waals surface area contributed by atoms with Crippen LogP contribution in [-0.2, 0) is 15.6 Å². The molecule has 0 atom stereocenters. The highest BCUT2D eigenvalue weighted by molar-refractivity contribution is 7.88. The number of nitrogens with one attached hydrogen (secondary N) is 1. The Morgan fingerprint density at radius 2 is 1.68 bits per heavy atom. The molecule has 0 saturated heterocycles. The highest BCUT2D eigenvalue weighted by Gasteiger charge is 2.41. The summed E-state index contributed by atoms with van der Waals surface area (Å²) in [4.78, 5) is 14.1. The number of pyridine rings is 2. The third-order valence-corrected chi connectivity index (χ3v) is 7.68. The molecule has 0 aliphatic heterocycles. The van der Waals surface area contributed by atoms with Gasteiger partial charge in [-0.2, -0.15) is 0 Å². The first-order chi connectivity index (χ1) is 17.8. The zero-order valence-electron chi connectivity index (χ0n) is 20.3. The molecule has 37 heavy (non-hydrogen) atoms. The smallest absolute Gasteiger partial charge is 0.209 e. The Bertz CT molecular complexity index is 1710. The van der Waals surface area contributed by atoms with Gasteiger partial charge in [-0.15, -0.1) is 0 Å². The van der Waals surface area contributed by atoms with E-state index in [1.807, 2.05) is 83.4 Å². The van der Waals surface area contributed by atoms with Crippen molar-refractivity contribution in [3.63, 3.8) is 0 Å². The van der Waals surface area contributed by atoms with E-state index < -0.39 is 15.6 Å². The van der Waals surface area contributed by atoms with Gasteiger partial charge in [-0.3, -0.25) is 4.57 Å². The van der Waals surface area contributed by atoms with Crippen LogP contribution in [0.15, 0.2) is 85.1 Å². The van der Waals surface area contributed by atoms with Crippen molar-refractivity contribution in [3.05, 3.63) is 90.6 Å². The summed E-state index contributed by atoms with van der Waals surface area (Å²) >= 11 is 0. The lowest BCUT2D eigenvalue weighted by Gasteiger charge is -2.42. The molecule has 3 heterocycles. The number of imidazole rings is 1. The molecule has 0 unspecified atom stereocenters. The van der Waals surface area contributed by atoms with Gasteiger partial charge in [0.05, 0.1) is 23.1 Å². The predicted molar refractivity (Wildman–Crippen MR) is 145 cm³/mol. The quantitative estimate of drug-likeness (QED) is 0.343. The van der Waals surface area contributed by atoms with Crippen LogP contribution in [0.4, 0.5) is 5.82 Å². The summed E-state index contributed by atoms with van der Waals surface area (Å²) in [7, 11) is -3.35. The van der Waals surface area contributed by atoms with Gasteiger partial charge in [-0.1, -0.05) is 42.5 Å². The van der Waals surface area contributed by atoms with Gasteiger partial charge in [-0.05, 0) is 61.2 Å². The Morgan fingerprint density at radius 1 is 0.919 bits per heavy atom. The number of aromatic nitrogens is 4. The van der Waals surface area contributed by atoms with Crippen molar-refractivity contribution < 1.29 is 8.42 Å². The van der Waals surface area contributed by atoms with Crippen LogP contribution in [-0.4, -0.2) is 34.2 Å². The van der Waals surface area contributed by atoms with Crippen LogP contribution in [0.3, 0.4) is 0 Å². The highest BCUT2D eigenvalue weighted by Crippen LogP contribution is 2.42. The number of hydrogen-bond acceptors (Lipinski definition) is 6. The molecule has 0 spiro atoms. The average molecular weight is 511 g/mol. The summed E-state index contributed by atoms with van der Waals surface area (Å²) in [5.41, 5.74) is 11.5. The number of nitrogens with zero attached hydrogens (tertiary/aromatic N) is 4. The van der Waals surface area contributed by atoms with Crippen molar-refractivity contribution in [2.75, 3.05) is 12.0 Å². The number of nitrogen functional groups attached to an aromatic ring is 1. The third-order valence-electron chi connectivity index (χ3n) is 6.92. The summed E-state index contributed by atoms with van der Waals surface area (Å²) in [6.07, 6.45) is 5.38. The molecule has 6 rings (SSSR count). The molecular weight excluding hydrogens is 484 g/mol. The van der Waals surface area contributed by atoms with Crippen molar-refractivity contribution in [2.24, 2.45) is 0 Å². The number of hydrogen-bond donors (Lipinski definition) is 2. The van der Waals surface area contributed by atoms with Crippen LogP contribution in [0.1, 0.15) is 24.8 Å². The zero-order chi connectivity index (χ0) is 25.6. The molecule has 1 aliphatic carbocycles. The first-order valence-electron chi connectivity index (χ1n) is 12.1. The fourth-order valence-corrected chi connectivity index (χ4v) is 6.05. The molecule has 9 heteroatoms. The van der Waals surface area contributed by atoms with Gasteiger partial charge < -0.3 is 5.73 Å². The highest BCUT2D eigenvalue weighted by atomic mass is 32.2. The van der Waals surface area contributed by atoms with Gasteiger partial charge in [0.1, 0.15) is 11.3 Å². The SMILES string of the molecule is CS(=O)(=O)NC1(c2ccc(-n3c(-c4cccnc4N)nc4ccc(-c5ccccc5)nc43)cc2)CCC1. The molecule has 1 aliphatic rings. The van der Waals surface area contributed by atoms with Crippen molar-refractivity contribution in [3.8, 4) is 28.3 Å². The predicted octanol–water partition coefficient (Wildman–Crippen LogP) is 4.66. The second-order valence-electron chi connectivity index (χ2n) is 9.47. The standard InChI is InChI=1S/C28H26N6O2S/c1-37(35,36)33-28(16-6-17-28)20-10-12-21(13-11-20)34-26(22-9-5-18-30-25(22)29)32-24-15-14-23(31-27(24)34)19-7-3-2-4-8-19/h2-5,7-15,18,33H,6,16-17H2,1H3,(H2,29,30). The van der Waals surface area contributed by atoms with E-state index in [4.69, 9.17) is 15.7 Å². The average Bonchev–Trinajstić information content (AvgIpc) is 3.25. The second kappa shape index (κ2) is 8.79. The van der Waals surface area contributed by atoms with Crippen molar-refractivity contribution in [1.29, 1.82) is 0 Å². The maximum absolute atomic E-state index is 12.0. The van der Waals surface area contributed by atoms with Crippen LogP contribution in [0, 0.1) is 0 Å². The Hall–Kier alpha value is -4.08.